The van der Waals surface area contributed by atoms with Gasteiger partial charge in [-0.15, -0.1) is 0 Å². The normalized spacial score (nSPS) is 11.5. The molecule has 5 aromatic rings. The summed E-state index contributed by atoms with van der Waals surface area (Å²) in [6.07, 6.45) is 3.50. The Kier molecular flexibility index (Phi) is 2.43. The van der Waals surface area contributed by atoms with Crippen molar-refractivity contribution in [3.63, 3.8) is 0 Å². The predicted octanol–water partition coefficient (Wildman–Crippen LogP) is 4.10. The maximum absolute atomic E-state index is 4.50. The molecule has 3 aromatic heterocycles. The Bertz CT molecular complexity index is 1080. The van der Waals surface area contributed by atoms with Gasteiger partial charge in [-0.1, -0.05) is 24.3 Å². The molecule has 5 heteroatoms. The lowest BCUT2D eigenvalue weighted by molar-refractivity contribution is 1.12. The maximum Gasteiger partial charge on any atom is 0.116 e. The molecule has 0 bridgehead atoms. The van der Waals surface area contributed by atoms with Crippen LogP contribution in [-0.4, -0.2) is 25.1 Å². The molecule has 5 nitrogen and oxygen atoms in total. The Morgan fingerprint density at radius 2 is 1.83 bits per heavy atom. The molecule has 0 saturated carbocycles. The third-order valence-electron chi connectivity index (χ3n) is 4.16. The molecule has 0 atom stereocenters. The Hall–Kier alpha value is -3.34. The quantitative estimate of drug-likeness (QED) is 0.459. The van der Waals surface area contributed by atoms with Crippen LogP contribution < -0.4 is 0 Å². The molecule has 3 heterocycles. The first kappa shape index (κ1) is 12.2. The first-order chi connectivity index (χ1) is 11.4. The Labute approximate surface area is 131 Å². The van der Waals surface area contributed by atoms with E-state index in [1.54, 1.807) is 6.33 Å². The summed E-state index contributed by atoms with van der Waals surface area (Å²) in [6.45, 7) is 0. The SMILES string of the molecule is c1ccc2[nH]c(-c3n[nH]c4cc(-c5cnc[nH]5)ccc34)cc2c1. The number of benzene rings is 2. The molecular weight excluding hydrogens is 286 g/mol. The van der Waals surface area contributed by atoms with E-state index in [1.807, 2.05) is 18.3 Å². The fourth-order valence-corrected chi connectivity index (χ4v) is 3.01. The smallest absolute Gasteiger partial charge is 0.116 e. The number of fused-ring (bicyclic) bond motifs is 2. The monoisotopic (exact) mass is 299 g/mol. The van der Waals surface area contributed by atoms with Crippen molar-refractivity contribution >= 4 is 21.8 Å². The van der Waals surface area contributed by atoms with Crippen LogP contribution in [0.1, 0.15) is 0 Å². The van der Waals surface area contributed by atoms with Crippen molar-refractivity contribution in [1.82, 2.24) is 25.1 Å². The highest BCUT2D eigenvalue weighted by atomic mass is 15.1. The summed E-state index contributed by atoms with van der Waals surface area (Å²) in [5.74, 6) is 0. The maximum atomic E-state index is 4.50. The Morgan fingerprint density at radius 1 is 0.870 bits per heavy atom. The molecule has 0 aliphatic carbocycles. The fourth-order valence-electron chi connectivity index (χ4n) is 3.01. The summed E-state index contributed by atoms with van der Waals surface area (Å²) in [7, 11) is 0. The molecule has 2 aromatic carbocycles. The first-order valence-electron chi connectivity index (χ1n) is 7.43. The van der Waals surface area contributed by atoms with Crippen molar-refractivity contribution in [3.8, 4) is 22.6 Å². The van der Waals surface area contributed by atoms with Crippen LogP contribution in [0.3, 0.4) is 0 Å². The van der Waals surface area contributed by atoms with Gasteiger partial charge < -0.3 is 9.97 Å². The highest BCUT2D eigenvalue weighted by molar-refractivity contribution is 5.97. The van der Waals surface area contributed by atoms with Crippen molar-refractivity contribution in [2.75, 3.05) is 0 Å². The van der Waals surface area contributed by atoms with Crippen LogP contribution in [0.25, 0.3) is 44.5 Å². The Balaban J connectivity index is 1.67. The van der Waals surface area contributed by atoms with Gasteiger partial charge >= 0.3 is 0 Å². The molecule has 0 aliphatic heterocycles. The van der Waals surface area contributed by atoms with Gasteiger partial charge in [0, 0.05) is 21.9 Å². The second kappa shape index (κ2) is 4.58. The lowest BCUT2D eigenvalue weighted by Crippen LogP contribution is -1.79. The number of aromatic nitrogens is 5. The molecule has 0 spiro atoms. The van der Waals surface area contributed by atoms with Crippen LogP contribution in [0.5, 0.6) is 0 Å². The summed E-state index contributed by atoms with van der Waals surface area (Å²) in [5, 5.41) is 9.91. The standard InChI is InChI=1S/C18H13N5/c1-2-4-14-11(3-1)8-16(21-14)18-13-6-5-12(7-15(13)22-23-18)17-9-19-10-20-17/h1-10,21H,(H,19,20)(H,22,23). The highest BCUT2D eigenvalue weighted by Crippen LogP contribution is 2.30. The summed E-state index contributed by atoms with van der Waals surface area (Å²) in [5.41, 5.74) is 6.16. The topological polar surface area (TPSA) is 73.2 Å². The number of nitrogens with zero attached hydrogens (tertiary/aromatic N) is 2. The second-order valence-electron chi connectivity index (χ2n) is 5.57. The number of aromatic amines is 3. The number of hydrogen-bond acceptors (Lipinski definition) is 2. The largest absolute Gasteiger partial charge is 0.353 e. The van der Waals surface area contributed by atoms with E-state index in [4.69, 9.17) is 0 Å². The van der Waals surface area contributed by atoms with E-state index < -0.39 is 0 Å². The summed E-state index contributed by atoms with van der Waals surface area (Å²) >= 11 is 0. The van der Waals surface area contributed by atoms with E-state index in [-0.39, 0.29) is 0 Å². The molecule has 0 aliphatic rings. The zero-order chi connectivity index (χ0) is 15.2. The van der Waals surface area contributed by atoms with Gasteiger partial charge in [-0.05, 0) is 24.3 Å². The van der Waals surface area contributed by atoms with Gasteiger partial charge in [0.15, 0.2) is 0 Å². The van der Waals surface area contributed by atoms with E-state index in [0.29, 0.717) is 0 Å². The number of nitrogens with one attached hydrogen (secondary N) is 3. The minimum absolute atomic E-state index is 0.937. The lowest BCUT2D eigenvalue weighted by Gasteiger charge is -1.98. The van der Waals surface area contributed by atoms with Gasteiger partial charge in [0.2, 0.25) is 0 Å². The number of hydrogen-bond donors (Lipinski definition) is 3. The highest BCUT2D eigenvalue weighted by Gasteiger charge is 2.11. The van der Waals surface area contributed by atoms with Crippen LogP contribution in [0.2, 0.25) is 0 Å². The van der Waals surface area contributed by atoms with Crippen LogP contribution in [0, 0.1) is 0 Å². The molecule has 0 fully saturated rings. The van der Waals surface area contributed by atoms with Gasteiger partial charge in [0.05, 0.1) is 29.4 Å². The number of imidazole rings is 1. The average Bonchev–Trinajstić information content (AvgIpc) is 3.32. The minimum Gasteiger partial charge on any atom is -0.353 e. The van der Waals surface area contributed by atoms with Crippen molar-refractivity contribution in [2.24, 2.45) is 0 Å². The fraction of sp³-hybridized carbons (Fsp3) is 0. The molecule has 0 saturated heterocycles. The average molecular weight is 299 g/mol. The van der Waals surface area contributed by atoms with Crippen LogP contribution in [0.15, 0.2) is 61.1 Å². The van der Waals surface area contributed by atoms with Crippen LogP contribution in [-0.2, 0) is 0 Å². The van der Waals surface area contributed by atoms with E-state index in [0.717, 1.165) is 39.1 Å². The molecule has 3 N–H and O–H groups in total. The van der Waals surface area contributed by atoms with E-state index >= 15 is 0 Å². The molecule has 110 valence electrons. The molecule has 0 unspecified atom stereocenters. The molecule has 5 rings (SSSR count). The number of H-pyrrole nitrogens is 3. The predicted molar refractivity (Wildman–Crippen MR) is 91.0 cm³/mol. The third kappa shape index (κ3) is 1.87. The van der Waals surface area contributed by atoms with Crippen LogP contribution >= 0.6 is 0 Å². The number of para-hydroxylation sites is 1. The van der Waals surface area contributed by atoms with Crippen molar-refractivity contribution in [1.29, 1.82) is 0 Å². The molecular formula is C18H13N5. The summed E-state index contributed by atoms with van der Waals surface area (Å²) < 4.78 is 0. The second-order valence-corrected chi connectivity index (χ2v) is 5.57. The van der Waals surface area contributed by atoms with Crippen molar-refractivity contribution < 1.29 is 0 Å². The Morgan fingerprint density at radius 3 is 2.70 bits per heavy atom. The van der Waals surface area contributed by atoms with E-state index in [9.17, 15) is 0 Å². The van der Waals surface area contributed by atoms with Gasteiger partial charge in [-0.25, -0.2) is 4.98 Å². The zero-order valence-corrected chi connectivity index (χ0v) is 12.2. The lowest BCUT2D eigenvalue weighted by atomic mass is 10.1. The first-order valence-corrected chi connectivity index (χ1v) is 7.43. The molecule has 23 heavy (non-hydrogen) atoms. The third-order valence-corrected chi connectivity index (χ3v) is 4.16. The van der Waals surface area contributed by atoms with Gasteiger partial charge in [-0.2, -0.15) is 5.10 Å². The minimum atomic E-state index is 0.937. The van der Waals surface area contributed by atoms with E-state index in [1.165, 1.54) is 5.39 Å². The van der Waals surface area contributed by atoms with Gasteiger partial charge in [0.1, 0.15) is 5.69 Å². The van der Waals surface area contributed by atoms with Crippen molar-refractivity contribution in [2.45, 2.75) is 0 Å². The number of rotatable bonds is 2. The van der Waals surface area contributed by atoms with Gasteiger partial charge in [0.25, 0.3) is 0 Å². The zero-order valence-electron chi connectivity index (χ0n) is 12.2. The molecule has 0 amide bonds. The van der Waals surface area contributed by atoms with Crippen molar-refractivity contribution in [3.05, 3.63) is 61.1 Å². The van der Waals surface area contributed by atoms with E-state index in [2.05, 4.69) is 61.5 Å². The summed E-state index contributed by atoms with van der Waals surface area (Å²) in [6, 6.07) is 16.6. The van der Waals surface area contributed by atoms with Gasteiger partial charge in [-0.3, -0.25) is 5.10 Å². The molecule has 0 radical (unpaired) electrons. The van der Waals surface area contributed by atoms with Crippen LogP contribution in [0.4, 0.5) is 0 Å². The summed E-state index contributed by atoms with van der Waals surface area (Å²) in [4.78, 5) is 10.6.